The summed E-state index contributed by atoms with van der Waals surface area (Å²) in [6.45, 7) is 5.82. The minimum absolute atomic E-state index is 0.0106. The molecule has 1 atom stereocenters. The first kappa shape index (κ1) is 24.1. The number of hydrogen-bond acceptors (Lipinski definition) is 6. The first-order chi connectivity index (χ1) is 17.8. The van der Waals surface area contributed by atoms with Gasteiger partial charge in [-0.15, -0.1) is 0 Å². The van der Waals surface area contributed by atoms with Crippen LogP contribution in [0.25, 0.3) is 16.8 Å². The molecule has 2 heterocycles. The number of ether oxygens (including phenoxy) is 2. The van der Waals surface area contributed by atoms with Crippen molar-refractivity contribution in [2.24, 2.45) is 0 Å². The van der Waals surface area contributed by atoms with E-state index in [9.17, 15) is 14.7 Å². The average molecular weight is 498 g/mol. The zero-order chi connectivity index (χ0) is 26.3. The molecule has 0 radical (unpaired) electrons. The van der Waals surface area contributed by atoms with Crippen molar-refractivity contribution in [3.63, 3.8) is 0 Å². The molecule has 1 fully saturated rings. The number of rotatable bonds is 6. The van der Waals surface area contributed by atoms with Gasteiger partial charge in [-0.25, -0.2) is 4.98 Å². The van der Waals surface area contributed by atoms with E-state index in [1.165, 1.54) is 12.0 Å². The van der Waals surface area contributed by atoms with Crippen LogP contribution in [0.2, 0.25) is 0 Å². The van der Waals surface area contributed by atoms with Crippen molar-refractivity contribution in [3.8, 4) is 11.5 Å². The van der Waals surface area contributed by atoms with Crippen LogP contribution in [-0.2, 0) is 9.59 Å². The minimum Gasteiger partial charge on any atom is -0.507 e. The highest BCUT2D eigenvalue weighted by atomic mass is 16.5. The summed E-state index contributed by atoms with van der Waals surface area (Å²) in [6, 6.07) is 18.6. The summed E-state index contributed by atoms with van der Waals surface area (Å²) in [7, 11) is 1.52. The van der Waals surface area contributed by atoms with Gasteiger partial charge in [-0.2, -0.15) is 0 Å². The number of ketones is 1. The van der Waals surface area contributed by atoms with Gasteiger partial charge in [0.2, 0.25) is 5.95 Å². The van der Waals surface area contributed by atoms with Crippen molar-refractivity contribution in [3.05, 3.63) is 89.0 Å². The molecule has 188 valence electrons. The van der Waals surface area contributed by atoms with Crippen molar-refractivity contribution >= 4 is 34.4 Å². The molecule has 1 saturated heterocycles. The second kappa shape index (κ2) is 9.46. The molecule has 8 nitrogen and oxygen atoms in total. The van der Waals surface area contributed by atoms with Crippen LogP contribution in [0.3, 0.4) is 0 Å². The first-order valence-electron chi connectivity index (χ1n) is 11.9. The highest BCUT2D eigenvalue weighted by molar-refractivity contribution is 6.51. The second-order valence-corrected chi connectivity index (χ2v) is 9.22. The molecule has 0 spiro atoms. The van der Waals surface area contributed by atoms with Crippen molar-refractivity contribution in [1.29, 1.82) is 0 Å². The first-order valence-corrected chi connectivity index (χ1v) is 11.9. The zero-order valence-corrected chi connectivity index (χ0v) is 21.0. The molecule has 0 bridgehead atoms. The molecule has 1 amide bonds. The molecule has 1 aliphatic rings. The maximum atomic E-state index is 13.4. The summed E-state index contributed by atoms with van der Waals surface area (Å²) in [5.74, 6) is -0.489. The lowest BCUT2D eigenvalue weighted by Crippen LogP contribution is -2.30. The minimum atomic E-state index is -0.916. The van der Waals surface area contributed by atoms with Gasteiger partial charge in [0.1, 0.15) is 17.3 Å². The number of aryl methyl sites for hydroxylation is 1. The fraction of sp³-hybridized carbons (Fsp3) is 0.207. The fourth-order valence-corrected chi connectivity index (χ4v) is 4.52. The summed E-state index contributed by atoms with van der Waals surface area (Å²) in [5.41, 5.74) is 3.38. The summed E-state index contributed by atoms with van der Waals surface area (Å²) < 4.78 is 11.0. The van der Waals surface area contributed by atoms with Crippen LogP contribution >= 0.6 is 0 Å². The Kier molecular flexibility index (Phi) is 6.17. The third kappa shape index (κ3) is 4.42. The lowest BCUT2D eigenvalue weighted by Gasteiger charge is -2.23. The smallest absolute Gasteiger partial charge is 0.302 e. The van der Waals surface area contributed by atoms with E-state index in [4.69, 9.17) is 9.47 Å². The molecule has 2 N–H and O–H groups in total. The van der Waals surface area contributed by atoms with Crippen LogP contribution in [0.1, 0.15) is 36.6 Å². The maximum absolute atomic E-state index is 13.4. The summed E-state index contributed by atoms with van der Waals surface area (Å²) in [6.07, 6.45) is -0.0106. The number of aliphatic hydroxyl groups excluding tert-OH is 1. The quantitative estimate of drug-likeness (QED) is 0.213. The number of aromatic amines is 1. The monoisotopic (exact) mass is 497 g/mol. The van der Waals surface area contributed by atoms with Gasteiger partial charge >= 0.3 is 5.91 Å². The van der Waals surface area contributed by atoms with E-state index in [1.807, 2.05) is 39.0 Å². The Bertz CT molecular complexity index is 1530. The number of H-pyrrole nitrogens is 1. The Labute approximate surface area is 214 Å². The molecule has 1 aromatic heterocycles. The van der Waals surface area contributed by atoms with E-state index in [2.05, 4.69) is 9.97 Å². The van der Waals surface area contributed by atoms with E-state index in [1.54, 1.807) is 48.5 Å². The SMILES string of the molecule is COc1cccc(/C(O)=C2\C(=O)C(=O)N(c3nc4ccc(C)cc4[nH]3)C2c2ccc(OC(C)C)cc2)c1. The van der Waals surface area contributed by atoms with Crippen LogP contribution in [0.5, 0.6) is 11.5 Å². The number of hydrogen-bond donors (Lipinski definition) is 2. The third-order valence-electron chi connectivity index (χ3n) is 6.21. The summed E-state index contributed by atoms with van der Waals surface area (Å²) in [4.78, 5) is 35.9. The van der Waals surface area contributed by atoms with Crippen molar-refractivity contribution in [2.75, 3.05) is 12.0 Å². The van der Waals surface area contributed by atoms with Gasteiger partial charge in [0.05, 0.1) is 35.9 Å². The molecule has 8 heteroatoms. The Morgan fingerprint density at radius 1 is 1.03 bits per heavy atom. The van der Waals surface area contributed by atoms with E-state index in [0.717, 1.165) is 11.1 Å². The number of nitrogens with zero attached hydrogens (tertiary/aromatic N) is 2. The largest absolute Gasteiger partial charge is 0.507 e. The fourth-order valence-electron chi connectivity index (χ4n) is 4.52. The number of aliphatic hydroxyl groups is 1. The number of imidazole rings is 1. The van der Waals surface area contributed by atoms with Crippen LogP contribution in [-0.4, -0.2) is 40.0 Å². The number of aromatic nitrogens is 2. The summed E-state index contributed by atoms with van der Waals surface area (Å²) in [5, 5.41) is 11.3. The highest BCUT2D eigenvalue weighted by Gasteiger charge is 2.48. The molecule has 1 aliphatic heterocycles. The predicted octanol–water partition coefficient (Wildman–Crippen LogP) is 5.29. The van der Waals surface area contributed by atoms with Gasteiger partial charge in [-0.05, 0) is 68.3 Å². The van der Waals surface area contributed by atoms with Gasteiger partial charge < -0.3 is 19.6 Å². The molecule has 5 rings (SSSR count). The highest BCUT2D eigenvalue weighted by Crippen LogP contribution is 2.42. The van der Waals surface area contributed by atoms with Crippen molar-refractivity contribution < 1.29 is 24.2 Å². The zero-order valence-electron chi connectivity index (χ0n) is 21.0. The number of carbonyl (C=O) groups is 2. The van der Waals surface area contributed by atoms with Crippen LogP contribution in [0.15, 0.2) is 72.3 Å². The number of benzene rings is 3. The van der Waals surface area contributed by atoms with Gasteiger partial charge in [0.25, 0.3) is 5.78 Å². The molecule has 4 aromatic rings. The Morgan fingerprint density at radius 3 is 2.49 bits per heavy atom. The number of carbonyl (C=O) groups excluding carboxylic acids is 2. The molecule has 37 heavy (non-hydrogen) atoms. The standard InChI is InChI=1S/C29H27N3O5/c1-16(2)37-20-11-9-18(10-12-20)25-24(26(33)19-6-5-7-21(15-19)36-4)27(34)28(35)32(25)29-30-22-13-8-17(3)14-23(22)31-29/h5-16,25,33H,1-4H3,(H,30,31)/b26-24+. The maximum Gasteiger partial charge on any atom is 0.302 e. The Morgan fingerprint density at radius 2 is 1.78 bits per heavy atom. The van der Waals surface area contributed by atoms with Crippen molar-refractivity contribution in [2.45, 2.75) is 32.9 Å². The predicted molar refractivity (Wildman–Crippen MR) is 141 cm³/mol. The molecular formula is C29H27N3O5. The van der Waals surface area contributed by atoms with Gasteiger partial charge in [0.15, 0.2) is 0 Å². The molecule has 0 saturated carbocycles. The Hall–Kier alpha value is -4.59. The molecule has 0 aliphatic carbocycles. The lowest BCUT2D eigenvalue weighted by molar-refractivity contribution is -0.132. The molecule has 1 unspecified atom stereocenters. The number of nitrogens with one attached hydrogen (secondary N) is 1. The van der Waals surface area contributed by atoms with E-state index in [-0.39, 0.29) is 23.4 Å². The van der Waals surface area contributed by atoms with Gasteiger partial charge in [-0.1, -0.05) is 30.3 Å². The molecule has 3 aromatic carbocycles. The van der Waals surface area contributed by atoms with E-state index < -0.39 is 17.7 Å². The topological polar surface area (TPSA) is 105 Å². The van der Waals surface area contributed by atoms with Gasteiger partial charge in [0, 0.05) is 5.56 Å². The lowest BCUT2D eigenvalue weighted by atomic mass is 9.95. The number of fused-ring (bicyclic) bond motifs is 1. The van der Waals surface area contributed by atoms with Crippen LogP contribution in [0.4, 0.5) is 5.95 Å². The number of methoxy groups -OCH3 is 1. The van der Waals surface area contributed by atoms with Crippen LogP contribution in [0, 0.1) is 6.92 Å². The van der Waals surface area contributed by atoms with E-state index >= 15 is 0 Å². The molecular weight excluding hydrogens is 470 g/mol. The number of amides is 1. The third-order valence-corrected chi connectivity index (χ3v) is 6.21. The van der Waals surface area contributed by atoms with Crippen LogP contribution < -0.4 is 14.4 Å². The van der Waals surface area contributed by atoms with Gasteiger partial charge in [-0.3, -0.25) is 14.5 Å². The normalized spacial score (nSPS) is 17.1. The average Bonchev–Trinajstić information content (AvgIpc) is 3.41. The van der Waals surface area contributed by atoms with E-state index in [0.29, 0.717) is 28.1 Å². The second-order valence-electron chi connectivity index (χ2n) is 9.22. The van der Waals surface area contributed by atoms with Crippen molar-refractivity contribution in [1.82, 2.24) is 9.97 Å². The number of Topliss-reactive ketones (excluding diaryl/α,β-unsaturated/α-hetero) is 1. The Balaban J connectivity index is 1.69. The number of anilines is 1. The summed E-state index contributed by atoms with van der Waals surface area (Å²) >= 11 is 0.